The van der Waals surface area contributed by atoms with Crippen molar-refractivity contribution in [3.8, 4) is 0 Å². The first kappa shape index (κ1) is 9.77. The summed E-state index contributed by atoms with van der Waals surface area (Å²) in [6.07, 6.45) is 0. The van der Waals surface area contributed by atoms with Gasteiger partial charge >= 0.3 is 0 Å². The van der Waals surface area contributed by atoms with E-state index in [0.717, 1.165) is 32.2 Å². The third kappa shape index (κ3) is 2.00. The van der Waals surface area contributed by atoms with Gasteiger partial charge in [0.15, 0.2) is 5.96 Å². The summed E-state index contributed by atoms with van der Waals surface area (Å²) in [5.41, 5.74) is -0.0473. The minimum atomic E-state index is -0.0473. The Morgan fingerprint density at radius 1 is 1.57 bits per heavy atom. The monoisotopic (exact) mass is 197 g/mol. The minimum absolute atomic E-state index is 0.0473. The van der Waals surface area contributed by atoms with Crippen molar-refractivity contribution in [3.63, 3.8) is 0 Å². The highest BCUT2D eigenvalue weighted by molar-refractivity contribution is 5.82. The summed E-state index contributed by atoms with van der Waals surface area (Å²) in [6, 6.07) is 0.482. The number of morpholine rings is 1. The first-order valence-corrected chi connectivity index (χ1v) is 5.27. The van der Waals surface area contributed by atoms with E-state index in [4.69, 9.17) is 4.74 Å². The third-order valence-corrected chi connectivity index (χ3v) is 2.62. The Hall–Kier alpha value is -0.770. The van der Waals surface area contributed by atoms with Crippen molar-refractivity contribution in [1.29, 1.82) is 0 Å². The zero-order valence-corrected chi connectivity index (χ0v) is 9.21. The number of nitrogens with one attached hydrogen (secondary N) is 1. The Bertz CT molecular complexity index is 250. The largest absolute Gasteiger partial charge is 0.372 e. The van der Waals surface area contributed by atoms with Crippen molar-refractivity contribution in [2.24, 2.45) is 4.99 Å². The summed E-state index contributed by atoms with van der Waals surface area (Å²) in [5.74, 6) is 1.05. The van der Waals surface area contributed by atoms with Crippen LogP contribution in [0.1, 0.15) is 20.8 Å². The normalized spacial score (nSPS) is 31.2. The summed E-state index contributed by atoms with van der Waals surface area (Å²) in [5, 5.41) is 3.38. The fourth-order valence-corrected chi connectivity index (χ4v) is 1.92. The molecule has 0 bridgehead atoms. The Kier molecular flexibility index (Phi) is 2.39. The molecule has 0 spiro atoms. The van der Waals surface area contributed by atoms with E-state index < -0.39 is 0 Å². The van der Waals surface area contributed by atoms with Crippen LogP contribution >= 0.6 is 0 Å². The van der Waals surface area contributed by atoms with Gasteiger partial charge in [0.2, 0.25) is 0 Å². The molecule has 0 amide bonds. The number of hydrogen-bond acceptors (Lipinski definition) is 4. The highest BCUT2D eigenvalue weighted by atomic mass is 16.5. The summed E-state index contributed by atoms with van der Waals surface area (Å²) in [4.78, 5) is 6.77. The number of hydrogen-bond donors (Lipinski definition) is 1. The van der Waals surface area contributed by atoms with Crippen molar-refractivity contribution in [1.82, 2.24) is 10.2 Å². The van der Waals surface area contributed by atoms with Crippen LogP contribution in [0.25, 0.3) is 0 Å². The van der Waals surface area contributed by atoms with Crippen LogP contribution in [0.15, 0.2) is 4.99 Å². The molecule has 4 nitrogen and oxygen atoms in total. The van der Waals surface area contributed by atoms with Gasteiger partial charge in [-0.1, -0.05) is 0 Å². The van der Waals surface area contributed by atoms with E-state index in [-0.39, 0.29) is 5.60 Å². The Labute approximate surface area is 85.3 Å². The first-order chi connectivity index (χ1) is 6.57. The molecule has 1 unspecified atom stereocenters. The van der Waals surface area contributed by atoms with Crippen LogP contribution in [-0.2, 0) is 4.74 Å². The fraction of sp³-hybridized carbons (Fsp3) is 0.900. The number of nitrogens with zero attached hydrogens (tertiary/aromatic N) is 2. The summed E-state index contributed by atoms with van der Waals surface area (Å²) in [6.45, 7) is 9.96. The standard InChI is InChI=1S/C10H19N3O/c1-8-6-11-9(12-8)13-4-5-14-10(2,3)7-13/h8H,4-7H2,1-3H3,(H,11,12). The molecule has 1 fully saturated rings. The highest BCUT2D eigenvalue weighted by Gasteiger charge is 2.30. The molecule has 0 aliphatic carbocycles. The summed E-state index contributed by atoms with van der Waals surface area (Å²) >= 11 is 0. The molecule has 14 heavy (non-hydrogen) atoms. The fourth-order valence-electron chi connectivity index (χ4n) is 1.92. The second-order valence-corrected chi connectivity index (χ2v) is 4.74. The molecule has 0 aromatic carbocycles. The van der Waals surface area contributed by atoms with E-state index in [9.17, 15) is 0 Å². The smallest absolute Gasteiger partial charge is 0.194 e. The van der Waals surface area contributed by atoms with Crippen molar-refractivity contribution < 1.29 is 4.74 Å². The molecule has 2 aliphatic heterocycles. The SMILES string of the molecule is CC1CN=C(N2CCOC(C)(C)C2)N1. The molecule has 0 aromatic rings. The van der Waals surface area contributed by atoms with Crippen molar-refractivity contribution in [3.05, 3.63) is 0 Å². The average Bonchev–Trinajstić information content (AvgIpc) is 2.50. The number of rotatable bonds is 0. The third-order valence-electron chi connectivity index (χ3n) is 2.62. The Morgan fingerprint density at radius 2 is 2.36 bits per heavy atom. The average molecular weight is 197 g/mol. The number of guanidine groups is 1. The predicted octanol–water partition coefficient (Wildman–Crippen LogP) is 0.445. The van der Waals surface area contributed by atoms with Gasteiger partial charge < -0.3 is 15.0 Å². The van der Waals surface area contributed by atoms with E-state index in [1.54, 1.807) is 0 Å². The lowest BCUT2D eigenvalue weighted by Gasteiger charge is -2.39. The summed E-state index contributed by atoms with van der Waals surface area (Å²) in [7, 11) is 0. The molecular formula is C10H19N3O. The summed E-state index contributed by atoms with van der Waals surface area (Å²) < 4.78 is 5.66. The van der Waals surface area contributed by atoms with E-state index >= 15 is 0 Å². The van der Waals surface area contributed by atoms with Crippen LogP contribution < -0.4 is 5.32 Å². The molecule has 80 valence electrons. The van der Waals surface area contributed by atoms with Gasteiger partial charge in [-0.3, -0.25) is 4.99 Å². The lowest BCUT2D eigenvalue weighted by molar-refractivity contribution is -0.0684. The molecule has 0 aromatic heterocycles. The van der Waals surface area contributed by atoms with Gasteiger partial charge in [-0.15, -0.1) is 0 Å². The topological polar surface area (TPSA) is 36.9 Å². The van der Waals surface area contributed by atoms with Crippen LogP contribution in [0.3, 0.4) is 0 Å². The Morgan fingerprint density at radius 3 is 2.93 bits per heavy atom. The first-order valence-electron chi connectivity index (χ1n) is 5.27. The Balaban J connectivity index is 1.98. The van der Waals surface area contributed by atoms with E-state index in [0.29, 0.717) is 6.04 Å². The second kappa shape index (κ2) is 3.42. The van der Waals surface area contributed by atoms with Crippen molar-refractivity contribution in [2.45, 2.75) is 32.4 Å². The molecular weight excluding hydrogens is 178 g/mol. The maximum absolute atomic E-state index is 5.66. The minimum Gasteiger partial charge on any atom is -0.372 e. The molecule has 2 rings (SSSR count). The van der Waals surface area contributed by atoms with Crippen molar-refractivity contribution in [2.75, 3.05) is 26.2 Å². The number of ether oxygens (including phenoxy) is 1. The van der Waals surface area contributed by atoms with E-state index in [1.165, 1.54) is 0 Å². The van der Waals surface area contributed by atoms with Crippen LogP contribution in [0.2, 0.25) is 0 Å². The molecule has 1 saturated heterocycles. The van der Waals surface area contributed by atoms with Gasteiger partial charge in [0, 0.05) is 19.1 Å². The van der Waals surface area contributed by atoms with Crippen LogP contribution in [0.5, 0.6) is 0 Å². The van der Waals surface area contributed by atoms with Gasteiger partial charge in [-0.05, 0) is 20.8 Å². The molecule has 2 aliphatic rings. The molecule has 1 atom stereocenters. The van der Waals surface area contributed by atoms with Gasteiger partial charge in [-0.2, -0.15) is 0 Å². The number of aliphatic imine (C=N–C) groups is 1. The van der Waals surface area contributed by atoms with Crippen LogP contribution in [-0.4, -0.2) is 48.7 Å². The molecule has 2 heterocycles. The molecule has 0 saturated carbocycles. The van der Waals surface area contributed by atoms with E-state index in [2.05, 4.69) is 36.0 Å². The van der Waals surface area contributed by atoms with Crippen LogP contribution in [0, 0.1) is 0 Å². The van der Waals surface area contributed by atoms with Gasteiger partial charge in [0.1, 0.15) is 0 Å². The molecule has 4 heteroatoms. The molecule has 1 N–H and O–H groups in total. The lowest BCUT2D eigenvalue weighted by Crippen LogP contribution is -2.53. The highest BCUT2D eigenvalue weighted by Crippen LogP contribution is 2.17. The zero-order valence-electron chi connectivity index (χ0n) is 9.21. The van der Waals surface area contributed by atoms with Crippen LogP contribution in [0.4, 0.5) is 0 Å². The zero-order chi connectivity index (χ0) is 10.2. The maximum Gasteiger partial charge on any atom is 0.194 e. The lowest BCUT2D eigenvalue weighted by atomic mass is 10.1. The van der Waals surface area contributed by atoms with Gasteiger partial charge in [0.25, 0.3) is 0 Å². The molecule has 0 radical (unpaired) electrons. The predicted molar refractivity (Wildman–Crippen MR) is 56.5 cm³/mol. The van der Waals surface area contributed by atoms with Gasteiger partial charge in [-0.25, -0.2) is 0 Å². The maximum atomic E-state index is 5.66. The van der Waals surface area contributed by atoms with Gasteiger partial charge in [0.05, 0.1) is 18.8 Å². The van der Waals surface area contributed by atoms with E-state index in [1.807, 2.05) is 0 Å². The quantitative estimate of drug-likeness (QED) is 0.612. The van der Waals surface area contributed by atoms with Crippen molar-refractivity contribution >= 4 is 5.96 Å². The second-order valence-electron chi connectivity index (χ2n) is 4.74.